The second kappa shape index (κ2) is 8.48. The van der Waals surface area contributed by atoms with Crippen LogP contribution in [0.15, 0.2) is 42.5 Å². The van der Waals surface area contributed by atoms with Gasteiger partial charge in [0.1, 0.15) is 6.04 Å². The Morgan fingerprint density at radius 3 is 2.26 bits per heavy atom. The zero-order valence-electron chi connectivity index (χ0n) is 15.8. The molecular formula is C21H26N2O4. The van der Waals surface area contributed by atoms with Gasteiger partial charge in [0.2, 0.25) is 11.8 Å². The molecule has 1 aliphatic carbocycles. The van der Waals surface area contributed by atoms with Gasteiger partial charge in [-0.3, -0.25) is 24.1 Å². The Morgan fingerprint density at radius 1 is 1.11 bits per heavy atom. The molecule has 6 heteroatoms. The van der Waals surface area contributed by atoms with Crippen LogP contribution in [-0.4, -0.2) is 28.7 Å². The summed E-state index contributed by atoms with van der Waals surface area (Å²) in [5.41, 5.74) is 3.36. The van der Waals surface area contributed by atoms with Gasteiger partial charge in [0.05, 0.1) is 18.4 Å². The van der Waals surface area contributed by atoms with Crippen molar-refractivity contribution in [1.82, 2.24) is 10.4 Å². The molecule has 144 valence electrons. The van der Waals surface area contributed by atoms with E-state index < -0.39 is 11.9 Å². The van der Waals surface area contributed by atoms with Gasteiger partial charge in [-0.1, -0.05) is 56.3 Å². The number of hydrogen-bond donors (Lipinski definition) is 1. The van der Waals surface area contributed by atoms with E-state index >= 15 is 0 Å². The fraction of sp³-hybridized carbons (Fsp3) is 0.476. The molecule has 1 aliphatic heterocycles. The lowest BCUT2D eigenvalue weighted by atomic mass is 9.85. The minimum Gasteiger partial charge on any atom is -0.274 e. The number of allylic oxidation sites excluding steroid dienone is 2. The first-order valence-electron chi connectivity index (χ1n) is 9.46. The Kier molecular flexibility index (Phi) is 6.06. The summed E-state index contributed by atoms with van der Waals surface area (Å²) in [5.74, 6) is -1.45. The molecule has 2 aliphatic rings. The van der Waals surface area contributed by atoms with Gasteiger partial charge >= 0.3 is 0 Å². The van der Waals surface area contributed by atoms with Crippen molar-refractivity contribution in [3.8, 4) is 0 Å². The van der Waals surface area contributed by atoms with Crippen LogP contribution in [0.1, 0.15) is 38.7 Å². The largest absolute Gasteiger partial charge is 0.274 e. The number of hydrogen-bond acceptors (Lipinski definition) is 4. The third kappa shape index (κ3) is 4.27. The molecule has 1 saturated heterocycles. The predicted octanol–water partition coefficient (Wildman–Crippen LogP) is 2.60. The third-order valence-electron chi connectivity index (χ3n) is 5.11. The smallest absolute Gasteiger partial charge is 0.266 e. The number of carbonyl (C=O) groups is 3. The first kappa shape index (κ1) is 19.3. The van der Waals surface area contributed by atoms with Gasteiger partial charge in [-0.25, -0.2) is 5.48 Å². The van der Waals surface area contributed by atoms with E-state index in [9.17, 15) is 14.4 Å². The van der Waals surface area contributed by atoms with Crippen LogP contribution in [0, 0.1) is 17.8 Å². The normalized spacial score (nSPS) is 22.9. The second-order valence-corrected chi connectivity index (χ2v) is 7.59. The van der Waals surface area contributed by atoms with Gasteiger partial charge < -0.3 is 0 Å². The molecule has 3 atom stereocenters. The van der Waals surface area contributed by atoms with Crippen molar-refractivity contribution in [2.24, 2.45) is 17.8 Å². The predicted molar refractivity (Wildman–Crippen MR) is 99.8 cm³/mol. The Bertz CT molecular complexity index is 703. The Balaban J connectivity index is 1.68. The molecule has 1 N–H and O–H groups in total. The van der Waals surface area contributed by atoms with Crippen molar-refractivity contribution in [2.75, 3.05) is 0 Å². The summed E-state index contributed by atoms with van der Waals surface area (Å²) in [7, 11) is 0. The van der Waals surface area contributed by atoms with E-state index in [0.29, 0.717) is 19.3 Å². The minimum atomic E-state index is -0.841. The minimum absolute atomic E-state index is 0.149. The van der Waals surface area contributed by atoms with E-state index in [2.05, 4.69) is 5.48 Å². The first-order chi connectivity index (χ1) is 13.0. The summed E-state index contributed by atoms with van der Waals surface area (Å²) in [6.07, 6.45) is 5.41. The molecule has 3 amide bonds. The molecule has 1 aromatic rings. The molecule has 0 aromatic heterocycles. The maximum absolute atomic E-state index is 12.8. The Morgan fingerprint density at radius 2 is 1.70 bits per heavy atom. The van der Waals surface area contributed by atoms with Crippen LogP contribution in [-0.2, 0) is 25.8 Å². The molecule has 1 heterocycles. The molecular weight excluding hydrogens is 344 g/mol. The van der Waals surface area contributed by atoms with E-state index in [4.69, 9.17) is 4.84 Å². The number of amides is 3. The highest BCUT2D eigenvalue weighted by Gasteiger charge is 2.51. The van der Waals surface area contributed by atoms with Crippen LogP contribution in [0.4, 0.5) is 0 Å². The highest BCUT2D eigenvalue weighted by Crippen LogP contribution is 2.37. The van der Waals surface area contributed by atoms with E-state index in [0.717, 1.165) is 5.56 Å². The molecule has 3 rings (SSSR count). The number of nitrogens with one attached hydrogen (secondary N) is 1. The number of nitrogens with zero attached hydrogens (tertiary/aromatic N) is 1. The standard InChI is InChI=1S/C21H26N2O4/c1-14(2)12-18(19(24)22-27-13-15-8-4-3-5-9-15)23-20(25)16-10-6-7-11-17(16)21(23)26/h3-9,14,16-18H,10-13H2,1-2H3,(H,22,24). The van der Waals surface area contributed by atoms with E-state index in [1.165, 1.54) is 4.90 Å². The van der Waals surface area contributed by atoms with Gasteiger partial charge in [-0.2, -0.15) is 0 Å². The number of likely N-dealkylation sites (tertiary alicyclic amines) is 1. The fourth-order valence-electron chi connectivity index (χ4n) is 3.74. The van der Waals surface area contributed by atoms with E-state index in [1.807, 2.05) is 56.3 Å². The van der Waals surface area contributed by atoms with Crippen LogP contribution in [0.2, 0.25) is 0 Å². The van der Waals surface area contributed by atoms with Crippen molar-refractivity contribution in [1.29, 1.82) is 0 Å². The Hall–Kier alpha value is -2.47. The van der Waals surface area contributed by atoms with Crippen molar-refractivity contribution < 1.29 is 19.2 Å². The highest BCUT2D eigenvalue weighted by atomic mass is 16.6. The van der Waals surface area contributed by atoms with Gasteiger partial charge in [0.25, 0.3) is 5.91 Å². The molecule has 1 aromatic carbocycles. The number of hydroxylamine groups is 1. The van der Waals surface area contributed by atoms with Crippen LogP contribution in [0.5, 0.6) is 0 Å². The number of rotatable bonds is 7. The number of fused-ring (bicyclic) bond motifs is 1. The summed E-state index contributed by atoms with van der Waals surface area (Å²) >= 11 is 0. The van der Waals surface area contributed by atoms with Crippen LogP contribution in [0.3, 0.4) is 0 Å². The van der Waals surface area contributed by atoms with Gasteiger partial charge in [-0.05, 0) is 30.7 Å². The van der Waals surface area contributed by atoms with Crippen LogP contribution >= 0.6 is 0 Å². The molecule has 3 unspecified atom stereocenters. The van der Waals surface area contributed by atoms with E-state index in [-0.39, 0.29) is 36.2 Å². The highest BCUT2D eigenvalue weighted by molar-refractivity contribution is 6.08. The molecule has 0 radical (unpaired) electrons. The molecule has 6 nitrogen and oxygen atoms in total. The quantitative estimate of drug-likeness (QED) is 0.455. The molecule has 0 saturated carbocycles. The average Bonchev–Trinajstić information content (AvgIpc) is 2.91. The van der Waals surface area contributed by atoms with Crippen molar-refractivity contribution in [3.63, 3.8) is 0 Å². The topological polar surface area (TPSA) is 75.7 Å². The van der Waals surface area contributed by atoms with Gasteiger partial charge in [0.15, 0.2) is 0 Å². The fourth-order valence-corrected chi connectivity index (χ4v) is 3.74. The summed E-state index contributed by atoms with van der Waals surface area (Å²) in [6, 6.07) is 8.62. The maximum Gasteiger partial charge on any atom is 0.266 e. The number of benzene rings is 1. The Labute approximate surface area is 159 Å². The van der Waals surface area contributed by atoms with Crippen molar-refractivity contribution in [3.05, 3.63) is 48.0 Å². The van der Waals surface area contributed by atoms with Gasteiger partial charge in [-0.15, -0.1) is 0 Å². The zero-order valence-corrected chi connectivity index (χ0v) is 15.8. The van der Waals surface area contributed by atoms with Crippen LogP contribution in [0.25, 0.3) is 0 Å². The first-order valence-corrected chi connectivity index (χ1v) is 9.46. The zero-order chi connectivity index (χ0) is 19.4. The van der Waals surface area contributed by atoms with Gasteiger partial charge in [0, 0.05) is 0 Å². The number of imide groups is 1. The van der Waals surface area contributed by atoms with E-state index in [1.54, 1.807) is 0 Å². The van der Waals surface area contributed by atoms with Crippen molar-refractivity contribution in [2.45, 2.75) is 45.8 Å². The lowest BCUT2D eigenvalue weighted by Crippen LogP contribution is -2.50. The lowest BCUT2D eigenvalue weighted by Gasteiger charge is -2.27. The van der Waals surface area contributed by atoms with Crippen LogP contribution < -0.4 is 5.48 Å². The summed E-state index contributed by atoms with van der Waals surface area (Å²) in [5, 5.41) is 0. The lowest BCUT2D eigenvalue weighted by molar-refractivity contribution is -0.153. The maximum atomic E-state index is 12.8. The molecule has 27 heavy (non-hydrogen) atoms. The monoisotopic (exact) mass is 370 g/mol. The summed E-state index contributed by atoms with van der Waals surface area (Å²) in [6.45, 7) is 4.15. The number of carbonyl (C=O) groups excluding carboxylic acids is 3. The molecule has 1 fully saturated rings. The second-order valence-electron chi connectivity index (χ2n) is 7.59. The summed E-state index contributed by atoms with van der Waals surface area (Å²) in [4.78, 5) is 44.9. The SMILES string of the molecule is CC(C)CC(C(=O)NOCc1ccccc1)N1C(=O)C2CC=CCC2C1=O. The third-order valence-corrected chi connectivity index (χ3v) is 5.11. The molecule has 0 spiro atoms. The average molecular weight is 370 g/mol. The molecule has 0 bridgehead atoms. The van der Waals surface area contributed by atoms with Crippen molar-refractivity contribution >= 4 is 17.7 Å². The summed E-state index contributed by atoms with van der Waals surface area (Å²) < 4.78 is 0.